The number of carbonyl (C=O) groups excluding carboxylic acids is 2. The van der Waals surface area contributed by atoms with Crippen LogP contribution in [-0.4, -0.2) is 77.6 Å². The van der Waals surface area contributed by atoms with E-state index in [1.807, 2.05) is 43.0 Å². The zero-order chi connectivity index (χ0) is 19.0. The number of likely N-dealkylation sites (tertiary alicyclic amines) is 3. The van der Waals surface area contributed by atoms with E-state index in [4.69, 9.17) is 4.74 Å². The monoisotopic (exact) mass is 371 g/mol. The molecular weight excluding hydrogens is 342 g/mol. The highest BCUT2D eigenvalue weighted by atomic mass is 16.6. The van der Waals surface area contributed by atoms with Gasteiger partial charge in [0.2, 0.25) is 0 Å². The average molecular weight is 371 g/mol. The third kappa shape index (κ3) is 3.43. The van der Waals surface area contributed by atoms with Crippen molar-refractivity contribution in [1.29, 1.82) is 0 Å². The maximum atomic E-state index is 13.0. The van der Waals surface area contributed by atoms with Crippen LogP contribution in [0.5, 0.6) is 0 Å². The number of hydrogen-bond acceptors (Lipinski definition) is 4. The largest absolute Gasteiger partial charge is 0.450 e. The van der Waals surface area contributed by atoms with Gasteiger partial charge in [-0.2, -0.15) is 0 Å². The Morgan fingerprint density at radius 1 is 1.07 bits per heavy atom. The number of benzene rings is 1. The van der Waals surface area contributed by atoms with Crippen molar-refractivity contribution in [2.75, 3.05) is 32.8 Å². The quantitative estimate of drug-likeness (QED) is 0.819. The molecule has 3 aliphatic heterocycles. The Labute approximate surface area is 161 Å². The zero-order valence-electron chi connectivity index (χ0n) is 16.3. The summed E-state index contributed by atoms with van der Waals surface area (Å²) < 4.78 is 5.11. The topological polar surface area (TPSA) is 53.1 Å². The number of ether oxygens (including phenoxy) is 1. The molecule has 6 heteroatoms. The maximum Gasteiger partial charge on any atom is 0.409 e. The molecule has 3 heterocycles. The Balaban J connectivity index is 1.34. The fraction of sp³-hybridized carbons (Fsp3) is 0.619. The molecule has 0 saturated carbocycles. The number of nitrogens with zero attached hydrogens (tertiary/aromatic N) is 3. The van der Waals surface area contributed by atoms with Crippen LogP contribution in [0.25, 0.3) is 0 Å². The SMILES string of the molecule is CCOC(=O)N1CCC(N2C[C@@H]3C[C@H]2CN3C(=O)c2ccccc2C)CC1. The highest BCUT2D eigenvalue weighted by molar-refractivity contribution is 5.96. The van der Waals surface area contributed by atoms with E-state index in [1.54, 1.807) is 0 Å². The van der Waals surface area contributed by atoms with Crippen LogP contribution in [0, 0.1) is 6.92 Å². The molecule has 2 bridgehead atoms. The lowest BCUT2D eigenvalue weighted by atomic mass is 10.0. The Hall–Kier alpha value is -2.08. The lowest BCUT2D eigenvalue weighted by molar-refractivity contribution is 0.0398. The van der Waals surface area contributed by atoms with Crippen molar-refractivity contribution in [2.24, 2.45) is 0 Å². The summed E-state index contributed by atoms with van der Waals surface area (Å²) in [6, 6.07) is 9.16. The van der Waals surface area contributed by atoms with Crippen LogP contribution in [-0.2, 0) is 4.74 Å². The second kappa shape index (κ2) is 7.50. The molecule has 3 aliphatic rings. The molecule has 4 rings (SSSR count). The molecule has 6 nitrogen and oxygen atoms in total. The van der Waals surface area contributed by atoms with Crippen molar-refractivity contribution in [3.05, 3.63) is 35.4 Å². The third-order valence-electron chi connectivity index (χ3n) is 6.38. The number of carbonyl (C=O) groups is 2. The summed E-state index contributed by atoms with van der Waals surface area (Å²) in [6.45, 7) is 7.61. The molecule has 3 fully saturated rings. The summed E-state index contributed by atoms with van der Waals surface area (Å²) in [5.41, 5.74) is 1.88. The number of piperazine rings is 1. The molecule has 3 saturated heterocycles. The van der Waals surface area contributed by atoms with Crippen LogP contribution < -0.4 is 0 Å². The van der Waals surface area contributed by atoms with E-state index in [-0.39, 0.29) is 12.0 Å². The van der Waals surface area contributed by atoms with Crippen LogP contribution in [0.4, 0.5) is 4.79 Å². The van der Waals surface area contributed by atoms with Crippen LogP contribution in [0.3, 0.4) is 0 Å². The Kier molecular flexibility index (Phi) is 5.08. The van der Waals surface area contributed by atoms with E-state index in [1.165, 1.54) is 0 Å². The zero-order valence-corrected chi connectivity index (χ0v) is 16.3. The van der Waals surface area contributed by atoms with Crippen LogP contribution in [0.15, 0.2) is 24.3 Å². The molecule has 0 unspecified atom stereocenters. The van der Waals surface area contributed by atoms with Crippen LogP contribution in [0.2, 0.25) is 0 Å². The lowest BCUT2D eigenvalue weighted by Gasteiger charge is -2.42. The molecule has 1 aromatic rings. The summed E-state index contributed by atoms with van der Waals surface area (Å²) >= 11 is 0. The minimum Gasteiger partial charge on any atom is -0.450 e. The molecule has 2 amide bonds. The Bertz CT molecular complexity index is 714. The normalized spacial score (nSPS) is 25.9. The van der Waals surface area contributed by atoms with Gasteiger partial charge >= 0.3 is 6.09 Å². The summed E-state index contributed by atoms with van der Waals surface area (Å²) in [5.74, 6) is 0.178. The first kappa shape index (κ1) is 18.3. The highest BCUT2D eigenvalue weighted by Crippen LogP contribution is 2.35. The molecule has 0 radical (unpaired) electrons. The van der Waals surface area contributed by atoms with Gasteiger partial charge in [-0.25, -0.2) is 4.79 Å². The Morgan fingerprint density at radius 2 is 1.81 bits per heavy atom. The van der Waals surface area contributed by atoms with E-state index in [9.17, 15) is 9.59 Å². The number of piperidine rings is 1. The molecule has 0 aliphatic carbocycles. The second-order valence-electron chi connectivity index (χ2n) is 7.93. The number of aryl methyl sites for hydroxylation is 1. The van der Waals surface area contributed by atoms with Gasteiger partial charge in [0, 0.05) is 49.9 Å². The van der Waals surface area contributed by atoms with E-state index in [0.29, 0.717) is 24.7 Å². The van der Waals surface area contributed by atoms with Gasteiger partial charge in [0.05, 0.1) is 6.61 Å². The number of amides is 2. The maximum absolute atomic E-state index is 13.0. The molecule has 1 aromatic carbocycles. The standard InChI is InChI=1S/C21H29N3O3/c1-3-27-21(26)22-10-8-16(9-11-22)23-13-18-12-17(23)14-24(18)20(25)19-7-5-4-6-15(19)2/h4-7,16-18H,3,8-14H2,1-2H3/t17-,18-/m0/s1. The van der Waals surface area contributed by atoms with E-state index in [0.717, 1.165) is 56.6 Å². The van der Waals surface area contributed by atoms with Gasteiger partial charge < -0.3 is 14.5 Å². The molecular formula is C21H29N3O3. The molecule has 146 valence electrons. The van der Waals surface area contributed by atoms with Crippen molar-refractivity contribution >= 4 is 12.0 Å². The van der Waals surface area contributed by atoms with Crippen molar-refractivity contribution in [3.8, 4) is 0 Å². The van der Waals surface area contributed by atoms with Gasteiger partial charge in [-0.3, -0.25) is 9.69 Å². The van der Waals surface area contributed by atoms with Crippen LogP contribution >= 0.6 is 0 Å². The van der Waals surface area contributed by atoms with Gasteiger partial charge in [0.1, 0.15) is 0 Å². The first-order valence-electron chi connectivity index (χ1n) is 10.1. The first-order chi connectivity index (χ1) is 13.1. The van der Waals surface area contributed by atoms with Gasteiger partial charge in [-0.05, 0) is 44.7 Å². The third-order valence-corrected chi connectivity index (χ3v) is 6.38. The van der Waals surface area contributed by atoms with Crippen LogP contribution in [0.1, 0.15) is 42.1 Å². The van der Waals surface area contributed by atoms with Gasteiger partial charge in [-0.15, -0.1) is 0 Å². The molecule has 0 aromatic heterocycles. The summed E-state index contributed by atoms with van der Waals surface area (Å²) in [4.78, 5) is 31.3. The fourth-order valence-electron chi connectivity index (χ4n) is 4.96. The molecule has 0 spiro atoms. The summed E-state index contributed by atoms with van der Waals surface area (Å²) in [6.07, 6.45) is 2.88. The predicted molar refractivity (Wildman–Crippen MR) is 103 cm³/mol. The minimum atomic E-state index is -0.186. The fourth-order valence-corrected chi connectivity index (χ4v) is 4.96. The van der Waals surface area contributed by atoms with E-state index < -0.39 is 0 Å². The van der Waals surface area contributed by atoms with Crippen molar-refractivity contribution in [1.82, 2.24) is 14.7 Å². The van der Waals surface area contributed by atoms with Crippen molar-refractivity contribution in [3.63, 3.8) is 0 Å². The van der Waals surface area contributed by atoms with Crippen molar-refractivity contribution < 1.29 is 14.3 Å². The smallest absolute Gasteiger partial charge is 0.409 e. The minimum absolute atomic E-state index is 0.178. The highest BCUT2D eigenvalue weighted by Gasteiger charge is 2.48. The number of fused-ring (bicyclic) bond motifs is 2. The van der Waals surface area contributed by atoms with Gasteiger partial charge in [0.15, 0.2) is 0 Å². The number of hydrogen-bond donors (Lipinski definition) is 0. The van der Waals surface area contributed by atoms with Crippen molar-refractivity contribution in [2.45, 2.75) is 51.2 Å². The van der Waals surface area contributed by atoms with E-state index in [2.05, 4.69) is 9.80 Å². The Morgan fingerprint density at radius 3 is 2.44 bits per heavy atom. The lowest BCUT2D eigenvalue weighted by Crippen LogP contribution is -2.54. The second-order valence-corrected chi connectivity index (χ2v) is 7.93. The van der Waals surface area contributed by atoms with Gasteiger partial charge in [-0.1, -0.05) is 18.2 Å². The molecule has 0 N–H and O–H groups in total. The molecule has 2 atom stereocenters. The molecule has 27 heavy (non-hydrogen) atoms. The van der Waals surface area contributed by atoms with Gasteiger partial charge in [0.25, 0.3) is 5.91 Å². The summed E-state index contributed by atoms with van der Waals surface area (Å²) in [7, 11) is 0. The predicted octanol–water partition coefficient (Wildman–Crippen LogP) is 2.51. The average Bonchev–Trinajstić information content (AvgIpc) is 3.29. The number of rotatable bonds is 3. The van der Waals surface area contributed by atoms with E-state index >= 15 is 0 Å². The first-order valence-corrected chi connectivity index (χ1v) is 10.1. The summed E-state index contributed by atoms with van der Waals surface area (Å²) in [5, 5.41) is 0.